The van der Waals surface area contributed by atoms with E-state index < -0.39 is 0 Å². The molecule has 0 spiro atoms. The predicted molar refractivity (Wildman–Crippen MR) is 53.8 cm³/mol. The summed E-state index contributed by atoms with van der Waals surface area (Å²) in [7, 11) is 3.77. The van der Waals surface area contributed by atoms with Crippen molar-refractivity contribution in [2.75, 3.05) is 40.4 Å². The summed E-state index contributed by atoms with van der Waals surface area (Å²) in [6, 6.07) is 0. The molecule has 1 aliphatic rings. The molecular formula is C10H17FN2O. The normalized spacial score (nSPS) is 21.6. The first-order valence-corrected chi connectivity index (χ1v) is 4.82. The van der Waals surface area contributed by atoms with Gasteiger partial charge in [0, 0.05) is 51.9 Å². The van der Waals surface area contributed by atoms with E-state index in [9.17, 15) is 9.18 Å². The van der Waals surface area contributed by atoms with Gasteiger partial charge in [0.05, 0.1) is 0 Å². The fourth-order valence-electron chi connectivity index (χ4n) is 1.56. The molecule has 0 unspecified atom stereocenters. The van der Waals surface area contributed by atoms with E-state index in [1.54, 1.807) is 0 Å². The number of hydrogen-bond donors (Lipinski definition) is 0. The van der Waals surface area contributed by atoms with Crippen LogP contribution in [0.2, 0.25) is 0 Å². The highest BCUT2D eigenvalue weighted by Gasteiger charge is 2.20. The van der Waals surface area contributed by atoms with Gasteiger partial charge in [0.25, 0.3) is 0 Å². The van der Waals surface area contributed by atoms with Crippen molar-refractivity contribution in [3.05, 3.63) is 11.8 Å². The Morgan fingerprint density at radius 3 is 2.86 bits per heavy atom. The zero-order valence-corrected chi connectivity index (χ0v) is 8.79. The molecule has 0 aliphatic carbocycles. The maximum Gasteiger partial charge on any atom is 0.162 e. The largest absolute Gasteiger partial charge is 0.383 e. The first-order chi connectivity index (χ1) is 6.63. The average Bonchev–Trinajstić information content (AvgIpc) is 2.10. The molecule has 0 aromatic rings. The fraction of sp³-hybridized carbons (Fsp3) is 0.700. The van der Waals surface area contributed by atoms with Gasteiger partial charge in [-0.25, -0.2) is 4.39 Å². The minimum atomic E-state index is -0.344. The Bertz CT molecular complexity index is 238. The average molecular weight is 200 g/mol. The second kappa shape index (κ2) is 5.10. The van der Waals surface area contributed by atoms with Gasteiger partial charge in [-0.1, -0.05) is 0 Å². The Labute approximate surface area is 84.2 Å². The smallest absolute Gasteiger partial charge is 0.162 e. The number of carbonyl (C=O) groups excluding carboxylic acids is 1. The van der Waals surface area contributed by atoms with Gasteiger partial charge in [-0.15, -0.1) is 0 Å². The van der Waals surface area contributed by atoms with Crippen LogP contribution in [0, 0.1) is 0 Å². The van der Waals surface area contributed by atoms with E-state index >= 15 is 0 Å². The number of ketones is 1. The van der Waals surface area contributed by atoms with Gasteiger partial charge in [0.2, 0.25) is 0 Å². The van der Waals surface area contributed by atoms with Crippen molar-refractivity contribution in [2.24, 2.45) is 0 Å². The molecule has 14 heavy (non-hydrogen) atoms. The van der Waals surface area contributed by atoms with Crippen LogP contribution >= 0.6 is 0 Å². The number of likely N-dealkylation sites (tertiary alicyclic amines) is 1. The third kappa shape index (κ3) is 3.10. The number of rotatable bonds is 3. The number of hydrogen-bond acceptors (Lipinski definition) is 3. The van der Waals surface area contributed by atoms with Crippen LogP contribution < -0.4 is 0 Å². The number of nitrogens with zero attached hydrogens (tertiary/aromatic N) is 2. The summed E-state index contributed by atoms with van der Waals surface area (Å²) in [6.45, 7) is 1.36. The lowest BCUT2D eigenvalue weighted by atomic mass is 10.0. The van der Waals surface area contributed by atoms with Crippen molar-refractivity contribution in [1.82, 2.24) is 9.80 Å². The van der Waals surface area contributed by atoms with Crippen LogP contribution in [0.5, 0.6) is 0 Å². The molecule has 80 valence electrons. The Morgan fingerprint density at radius 2 is 2.29 bits per heavy atom. The van der Waals surface area contributed by atoms with Crippen LogP contribution in [0.1, 0.15) is 6.42 Å². The van der Waals surface area contributed by atoms with Crippen LogP contribution in [0.4, 0.5) is 4.39 Å². The van der Waals surface area contributed by atoms with Gasteiger partial charge < -0.3 is 4.90 Å². The lowest BCUT2D eigenvalue weighted by molar-refractivity contribution is -0.117. The summed E-state index contributed by atoms with van der Waals surface area (Å²) in [5, 5.41) is 0. The fourth-order valence-corrected chi connectivity index (χ4v) is 1.56. The number of halogens is 1. The minimum Gasteiger partial charge on any atom is -0.383 e. The minimum absolute atomic E-state index is 0.189. The monoisotopic (exact) mass is 200 g/mol. The van der Waals surface area contributed by atoms with Crippen LogP contribution in [0.15, 0.2) is 11.8 Å². The van der Waals surface area contributed by atoms with E-state index in [1.165, 1.54) is 0 Å². The van der Waals surface area contributed by atoms with Gasteiger partial charge in [0.1, 0.15) is 6.67 Å². The Kier molecular flexibility index (Phi) is 4.07. The van der Waals surface area contributed by atoms with Gasteiger partial charge in [-0.3, -0.25) is 9.69 Å². The SMILES string of the molecule is CN(C)/C=C1\CN(CCF)CCC1=O. The van der Waals surface area contributed by atoms with Gasteiger partial charge in [-0.05, 0) is 0 Å². The van der Waals surface area contributed by atoms with Crippen molar-refractivity contribution in [3.63, 3.8) is 0 Å². The first kappa shape index (κ1) is 11.2. The summed E-state index contributed by atoms with van der Waals surface area (Å²) >= 11 is 0. The van der Waals surface area contributed by atoms with Gasteiger partial charge in [0.15, 0.2) is 5.78 Å². The van der Waals surface area contributed by atoms with Crippen molar-refractivity contribution in [2.45, 2.75) is 6.42 Å². The Morgan fingerprint density at radius 1 is 1.57 bits per heavy atom. The van der Waals surface area contributed by atoms with E-state index in [1.807, 2.05) is 30.1 Å². The third-order valence-corrected chi connectivity index (χ3v) is 2.22. The standard InChI is InChI=1S/C10H17FN2O/c1-12(2)7-9-8-13(6-4-11)5-3-10(9)14/h7H,3-6,8H2,1-2H3/b9-7+. The second-order valence-electron chi connectivity index (χ2n) is 3.76. The van der Waals surface area contributed by atoms with E-state index in [0.717, 1.165) is 5.57 Å². The molecule has 0 bridgehead atoms. The van der Waals surface area contributed by atoms with Crippen LogP contribution in [-0.2, 0) is 4.79 Å². The molecule has 1 fully saturated rings. The molecule has 0 aromatic carbocycles. The Balaban J connectivity index is 2.59. The summed E-state index contributed by atoms with van der Waals surface area (Å²) in [6.07, 6.45) is 2.34. The van der Waals surface area contributed by atoms with E-state index in [-0.39, 0.29) is 12.5 Å². The topological polar surface area (TPSA) is 23.6 Å². The molecule has 0 radical (unpaired) electrons. The van der Waals surface area contributed by atoms with E-state index in [2.05, 4.69) is 0 Å². The summed E-state index contributed by atoms with van der Waals surface area (Å²) in [4.78, 5) is 15.3. The van der Waals surface area contributed by atoms with Crippen molar-refractivity contribution >= 4 is 5.78 Å². The number of Topliss-reactive ketones (excluding diaryl/α,β-unsaturated/α-hetero) is 1. The van der Waals surface area contributed by atoms with Gasteiger partial charge in [-0.2, -0.15) is 0 Å². The maximum absolute atomic E-state index is 12.1. The summed E-state index contributed by atoms with van der Waals surface area (Å²) in [5.74, 6) is 0.189. The van der Waals surface area contributed by atoms with Crippen molar-refractivity contribution < 1.29 is 9.18 Å². The third-order valence-electron chi connectivity index (χ3n) is 2.22. The molecule has 0 saturated carbocycles. The number of piperidine rings is 1. The molecule has 1 saturated heterocycles. The molecule has 0 amide bonds. The molecule has 0 aromatic heterocycles. The van der Waals surface area contributed by atoms with Crippen LogP contribution in [-0.4, -0.2) is 56.0 Å². The molecular weight excluding hydrogens is 183 g/mol. The molecule has 1 aliphatic heterocycles. The molecule has 3 nitrogen and oxygen atoms in total. The highest BCUT2D eigenvalue weighted by molar-refractivity contribution is 5.96. The molecule has 4 heteroatoms. The first-order valence-electron chi connectivity index (χ1n) is 4.82. The summed E-state index contributed by atoms with van der Waals surface area (Å²) < 4.78 is 12.1. The van der Waals surface area contributed by atoms with Crippen molar-refractivity contribution in [1.29, 1.82) is 0 Å². The van der Waals surface area contributed by atoms with Crippen LogP contribution in [0.3, 0.4) is 0 Å². The molecule has 1 heterocycles. The van der Waals surface area contributed by atoms with Gasteiger partial charge >= 0.3 is 0 Å². The van der Waals surface area contributed by atoms with Crippen molar-refractivity contribution in [3.8, 4) is 0 Å². The zero-order valence-electron chi connectivity index (χ0n) is 8.79. The maximum atomic E-state index is 12.1. The molecule has 1 rings (SSSR count). The second-order valence-corrected chi connectivity index (χ2v) is 3.76. The Hall–Kier alpha value is -0.900. The highest BCUT2D eigenvalue weighted by atomic mass is 19.1. The predicted octanol–water partition coefficient (Wildman–Crippen LogP) is 0.676. The molecule has 0 N–H and O–H groups in total. The molecule has 0 atom stereocenters. The van der Waals surface area contributed by atoms with E-state index in [0.29, 0.717) is 26.1 Å². The lowest BCUT2D eigenvalue weighted by Gasteiger charge is -2.27. The van der Waals surface area contributed by atoms with E-state index in [4.69, 9.17) is 0 Å². The lowest BCUT2D eigenvalue weighted by Crippen LogP contribution is -2.37. The quantitative estimate of drug-likeness (QED) is 0.626. The number of carbonyl (C=O) groups is 1. The number of alkyl halides is 1. The highest BCUT2D eigenvalue weighted by Crippen LogP contribution is 2.11. The van der Waals surface area contributed by atoms with Crippen LogP contribution in [0.25, 0.3) is 0 Å². The summed E-state index contributed by atoms with van der Waals surface area (Å²) in [5.41, 5.74) is 0.787. The zero-order chi connectivity index (χ0) is 10.6.